The monoisotopic (exact) mass is 280 g/mol. The predicted molar refractivity (Wildman–Crippen MR) is 74.4 cm³/mol. The number of hydrogen-bond donors (Lipinski definition) is 0. The second-order valence-corrected chi connectivity index (χ2v) is 5.61. The molecule has 0 unspecified atom stereocenters. The average molecular weight is 281 g/mol. The molecule has 1 heterocycles. The first-order chi connectivity index (χ1) is 8.75. The van der Waals surface area contributed by atoms with Crippen LogP contribution in [0.25, 0.3) is 0 Å². The Balaban J connectivity index is 1.71. The molecule has 0 aliphatic carbocycles. The topological polar surface area (TPSA) is 26.3 Å². The predicted octanol–water partition coefficient (Wildman–Crippen LogP) is 4.19. The molecule has 0 N–H and O–H groups in total. The van der Waals surface area contributed by atoms with Crippen LogP contribution in [0.2, 0.25) is 4.34 Å². The minimum Gasteiger partial charge on any atom is -0.462 e. The van der Waals surface area contributed by atoms with Crippen molar-refractivity contribution in [1.29, 1.82) is 0 Å². The minimum atomic E-state index is -0.264. The van der Waals surface area contributed by atoms with Gasteiger partial charge in [-0.2, -0.15) is 0 Å². The Kier molecular flexibility index (Phi) is 4.79. The Morgan fingerprint density at radius 2 is 1.94 bits per heavy atom. The van der Waals surface area contributed by atoms with Gasteiger partial charge >= 0.3 is 5.97 Å². The Labute approximate surface area is 115 Å². The molecule has 0 aliphatic heterocycles. The number of halogens is 1. The zero-order valence-corrected chi connectivity index (χ0v) is 11.3. The zero-order chi connectivity index (χ0) is 12.8. The van der Waals surface area contributed by atoms with Gasteiger partial charge in [0, 0.05) is 4.88 Å². The molecule has 0 amide bonds. The maximum Gasteiger partial charge on any atom is 0.338 e. The molecule has 2 nitrogen and oxygen atoms in total. The first kappa shape index (κ1) is 13.1. The number of carbonyl (C=O) groups is 1. The average Bonchev–Trinajstić information content (AvgIpc) is 2.81. The van der Waals surface area contributed by atoms with E-state index < -0.39 is 0 Å². The fourth-order valence-corrected chi connectivity index (χ4v) is 2.68. The molecule has 0 saturated carbocycles. The summed E-state index contributed by atoms with van der Waals surface area (Å²) < 4.78 is 5.99. The van der Waals surface area contributed by atoms with E-state index in [1.165, 1.54) is 4.88 Å². The van der Waals surface area contributed by atoms with Gasteiger partial charge in [0.2, 0.25) is 0 Å². The highest BCUT2D eigenvalue weighted by atomic mass is 35.5. The molecular formula is C14H13ClO2S. The van der Waals surface area contributed by atoms with Gasteiger partial charge in [0.05, 0.1) is 16.5 Å². The van der Waals surface area contributed by atoms with Crippen LogP contribution >= 0.6 is 22.9 Å². The molecule has 1 aromatic heterocycles. The van der Waals surface area contributed by atoms with E-state index in [-0.39, 0.29) is 5.97 Å². The third kappa shape index (κ3) is 3.86. The Morgan fingerprint density at radius 1 is 1.17 bits per heavy atom. The molecule has 0 radical (unpaired) electrons. The van der Waals surface area contributed by atoms with E-state index in [4.69, 9.17) is 16.3 Å². The fraction of sp³-hybridized carbons (Fsp3) is 0.214. The SMILES string of the molecule is O=C(OCCCc1ccc(Cl)s1)c1ccccc1. The molecule has 0 bridgehead atoms. The molecule has 18 heavy (non-hydrogen) atoms. The van der Waals surface area contributed by atoms with E-state index in [1.54, 1.807) is 23.5 Å². The van der Waals surface area contributed by atoms with Crippen LogP contribution in [0, 0.1) is 0 Å². The number of hydrogen-bond acceptors (Lipinski definition) is 3. The van der Waals surface area contributed by atoms with Gasteiger partial charge < -0.3 is 4.74 Å². The molecule has 0 atom stereocenters. The number of ether oxygens (including phenoxy) is 1. The van der Waals surface area contributed by atoms with Crippen molar-refractivity contribution in [2.75, 3.05) is 6.61 Å². The molecule has 1 aromatic carbocycles. The molecule has 2 aromatic rings. The van der Waals surface area contributed by atoms with E-state index in [0.29, 0.717) is 12.2 Å². The van der Waals surface area contributed by atoms with Crippen molar-refractivity contribution in [2.45, 2.75) is 12.8 Å². The van der Waals surface area contributed by atoms with Crippen molar-refractivity contribution in [2.24, 2.45) is 0 Å². The van der Waals surface area contributed by atoms with E-state index in [1.807, 2.05) is 30.3 Å². The standard InChI is InChI=1S/C14H13ClO2S/c15-13-9-8-12(18-13)7-4-10-17-14(16)11-5-2-1-3-6-11/h1-3,5-6,8-9H,4,7,10H2. The maximum absolute atomic E-state index is 11.6. The Morgan fingerprint density at radius 3 is 2.61 bits per heavy atom. The lowest BCUT2D eigenvalue weighted by Gasteiger charge is -2.03. The van der Waals surface area contributed by atoms with Crippen LogP contribution in [0.5, 0.6) is 0 Å². The van der Waals surface area contributed by atoms with Gasteiger partial charge in [-0.3, -0.25) is 0 Å². The van der Waals surface area contributed by atoms with Crippen LogP contribution in [0.4, 0.5) is 0 Å². The lowest BCUT2D eigenvalue weighted by molar-refractivity contribution is 0.0501. The Bertz CT molecular complexity index is 508. The summed E-state index contributed by atoms with van der Waals surface area (Å²) in [5.74, 6) is -0.264. The number of carbonyl (C=O) groups excluding carboxylic acids is 1. The summed E-state index contributed by atoms with van der Waals surface area (Å²) in [6, 6.07) is 12.9. The second kappa shape index (κ2) is 6.57. The van der Waals surface area contributed by atoms with Crippen molar-refractivity contribution in [3.8, 4) is 0 Å². The highest BCUT2D eigenvalue weighted by Crippen LogP contribution is 2.22. The van der Waals surface area contributed by atoms with E-state index in [0.717, 1.165) is 17.2 Å². The molecule has 4 heteroatoms. The van der Waals surface area contributed by atoms with Crippen LogP contribution in [-0.4, -0.2) is 12.6 Å². The molecule has 0 spiro atoms. The highest BCUT2D eigenvalue weighted by molar-refractivity contribution is 7.16. The van der Waals surface area contributed by atoms with Gasteiger partial charge in [-0.15, -0.1) is 11.3 Å². The molecule has 94 valence electrons. The molecule has 0 fully saturated rings. The molecule has 0 aliphatic rings. The van der Waals surface area contributed by atoms with E-state index in [2.05, 4.69) is 0 Å². The van der Waals surface area contributed by atoms with Crippen LogP contribution in [0.1, 0.15) is 21.7 Å². The number of aryl methyl sites for hydroxylation is 1. The first-order valence-electron chi connectivity index (χ1n) is 5.72. The number of rotatable bonds is 5. The fourth-order valence-electron chi connectivity index (χ4n) is 1.55. The van der Waals surface area contributed by atoms with Gasteiger partial charge in [0.15, 0.2) is 0 Å². The summed E-state index contributed by atoms with van der Waals surface area (Å²) in [6.45, 7) is 0.434. The third-order valence-corrected chi connectivity index (χ3v) is 3.73. The van der Waals surface area contributed by atoms with E-state index in [9.17, 15) is 4.79 Å². The van der Waals surface area contributed by atoms with Crippen molar-refractivity contribution in [3.05, 3.63) is 57.2 Å². The Hall–Kier alpha value is -1.32. The number of esters is 1. The van der Waals surface area contributed by atoms with Crippen molar-refractivity contribution in [1.82, 2.24) is 0 Å². The van der Waals surface area contributed by atoms with Gasteiger partial charge in [0.25, 0.3) is 0 Å². The van der Waals surface area contributed by atoms with Crippen molar-refractivity contribution >= 4 is 28.9 Å². The lowest BCUT2D eigenvalue weighted by Crippen LogP contribution is -2.06. The highest BCUT2D eigenvalue weighted by Gasteiger charge is 2.05. The lowest BCUT2D eigenvalue weighted by atomic mass is 10.2. The molecule has 2 rings (SSSR count). The summed E-state index contributed by atoms with van der Waals surface area (Å²) in [5, 5.41) is 0. The smallest absolute Gasteiger partial charge is 0.338 e. The summed E-state index contributed by atoms with van der Waals surface area (Å²) >= 11 is 7.40. The largest absolute Gasteiger partial charge is 0.462 e. The maximum atomic E-state index is 11.6. The van der Waals surface area contributed by atoms with Crippen LogP contribution in [-0.2, 0) is 11.2 Å². The van der Waals surface area contributed by atoms with Gasteiger partial charge in [-0.25, -0.2) is 4.79 Å². The second-order valence-electron chi connectivity index (χ2n) is 3.81. The van der Waals surface area contributed by atoms with Gasteiger partial charge in [0.1, 0.15) is 0 Å². The summed E-state index contributed by atoms with van der Waals surface area (Å²) in [7, 11) is 0. The first-order valence-corrected chi connectivity index (χ1v) is 6.91. The van der Waals surface area contributed by atoms with Gasteiger partial charge in [-0.05, 0) is 37.1 Å². The summed E-state index contributed by atoms with van der Waals surface area (Å²) in [4.78, 5) is 12.8. The van der Waals surface area contributed by atoms with Crippen molar-refractivity contribution < 1.29 is 9.53 Å². The molecular weight excluding hydrogens is 268 g/mol. The zero-order valence-electron chi connectivity index (χ0n) is 9.77. The number of benzene rings is 1. The number of thiophene rings is 1. The van der Waals surface area contributed by atoms with Gasteiger partial charge in [-0.1, -0.05) is 29.8 Å². The minimum absolute atomic E-state index is 0.264. The van der Waals surface area contributed by atoms with Crippen LogP contribution in [0.15, 0.2) is 42.5 Å². The van der Waals surface area contributed by atoms with Crippen molar-refractivity contribution in [3.63, 3.8) is 0 Å². The third-order valence-electron chi connectivity index (χ3n) is 2.44. The van der Waals surface area contributed by atoms with Crippen LogP contribution in [0.3, 0.4) is 0 Å². The molecule has 0 saturated heterocycles. The summed E-state index contributed by atoms with van der Waals surface area (Å²) in [5.41, 5.74) is 0.594. The van der Waals surface area contributed by atoms with Crippen LogP contribution < -0.4 is 0 Å². The normalized spacial score (nSPS) is 10.3. The summed E-state index contributed by atoms with van der Waals surface area (Å²) in [6.07, 6.45) is 1.70. The van der Waals surface area contributed by atoms with E-state index >= 15 is 0 Å². The quantitative estimate of drug-likeness (QED) is 0.606.